The Labute approximate surface area is 105 Å². The Kier molecular flexibility index (Phi) is 4.08. The van der Waals surface area contributed by atoms with Crippen LogP contribution in [0.2, 0.25) is 5.02 Å². The van der Waals surface area contributed by atoms with E-state index >= 15 is 0 Å². The summed E-state index contributed by atoms with van der Waals surface area (Å²) in [5, 5.41) is 18.0. The molecular weight excluding hydrogens is 275 g/mol. The molecule has 8 heteroatoms. The van der Waals surface area contributed by atoms with Gasteiger partial charge >= 0.3 is 12.1 Å². The SMILES string of the molecule is NCC(C(=O)O)c1cc(Cl)cc(C(F)(F)F)c1O. The molecule has 1 aromatic rings. The minimum Gasteiger partial charge on any atom is -0.507 e. The number of aliphatic carboxylic acids is 1. The van der Waals surface area contributed by atoms with Crippen LogP contribution in [0.5, 0.6) is 5.75 Å². The molecule has 1 unspecified atom stereocenters. The van der Waals surface area contributed by atoms with Gasteiger partial charge in [-0.3, -0.25) is 4.79 Å². The number of aromatic hydroxyl groups is 1. The molecule has 1 rings (SSSR count). The lowest BCUT2D eigenvalue weighted by molar-refractivity contribution is -0.140. The Balaban J connectivity index is 3.46. The molecule has 0 aromatic heterocycles. The maximum atomic E-state index is 12.6. The molecule has 100 valence electrons. The van der Waals surface area contributed by atoms with E-state index in [0.717, 1.165) is 6.07 Å². The molecule has 0 spiro atoms. The summed E-state index contributed by atoms with van der Waals surface area (Å²) in [6.45, 7) is -0.458. The van der Waals surface area contributed by atoms with Crippen LogP contribution in [-0.4, -0.2) is 22.7 Å². The minimum absolute atomic E-state index is 0.324. The van der Waals surface area contributed by atoms with Crippen molar-refractivity contribution in [3.8, 4) is 5.75 Å². The van der Waals surface area contributed by atoms with Gasteiger partial charge in [0.15, 0.2) is 0 Å². The number of carbonyl (C=O) groups is 1. The van der Waals surface area contributed by atoms with Gasteiger partial charge in [0.2, 0.25) is 0 Å². The quantitative estimate of drug-likeness (QED) is 0.794. The number of alkyl halides is 3. The lowest BCUT2D eigenvalue weighted by Crippen LogP contribution is -2.22. The Bertz CT molecular complexity index is 476. The van der Waals surface area contributed by atoms with Crippen LogP contribution in [0.1, 0.15) is 17.0 Å². The van der Waals surface area contributed by atoms with E-state index in [-0.39, 0.29) is 5.02 Å². The van der Waals surface area contributed by atoms with Crippen LogP contribution in [0.15, 0.2) is 12.1 Å². The molecular formula is C10H9ClF3NO3. The van der Waals surface area contributed by atoms with E-state index in [1.807, 2.05) is 0 Å². The fourth-order valence-electron chi connectivity index (χ4n) is 1.46. The highest BCUT2D eigenvalue weighted by molar-refractivity contribution is 6.30. The van der Waals surface area contributed by atoms with Crippen molar-refractivity contribution in [3.63, 3.8) is 0 Å². The summed E-state index contributed by atoms with van der Waals surface area (Å²) in [6, 6.07) is 1.48. The second kappa shape index (κ2) is 5.03. The number of nitrogens with two attached hydrogens (primary N) is 1. The Morgan fingerprint density at radius 2 is 2.00 bits per heavy atom. The minimum atomic E-state index is -4.83. The summed E-state index contributed by atoms with van der Waals surface area (Å²) in [6.07, 6.45) is -4.83. The number of rotatable bonds is 3. The topological polar surface area (TPSA) is 83.6 Å². The van der Waals surface area contributed by atoms with Crippen LogP contribution in [0.25, 0.3) is 0 Å². The molecule has 0 aliphatic heterocycles. The molecule has 0 amide bonds. The molecule has 0 radical (unpaired) electrons. The van der Waals surface area contributed by atoms with E-state index in [0.29, 0.717) is 6.07 Å². The predicted molar refractivity (Wildman–Crippen MR) is 57.6 cm³/mol. The first-order chi connectivity index (χ1) is 8.18. The Morgan fingerprint density at radius 3 is 2.39 bits per heavy atom. The normalized spacial score (nSPS) is 13.4. The molecule has 0 bridgehead atoms. The number of halogens is 4. The van der Waals surface area contributed by atoms with Gasteiger partial charge < -0.3 is 15.9 Å². The standard InChI is InChI=1S/C10H9ClF3NO3/c11-4-1-5(6(3-15)9(17)18)8(16)7(2-4)10(12,13)14/h1-2,6,16H,3,15H2,(H,17,18). The first-order valence-electron chi connectivity index (χ1n) is 4.71. The number of carboxylic acid groups (broad SMARTS) is 1. The third-order valence-electron chi connectivity index (χ3n) is 2.32. The fraction of sp³-hybridized carbons (Fsp3) is 0.300. The van der Waals surface area contributed by atoms with Crippen LogP contribution in [0.4, 0.5) is 13.2 Å². The third-order valence-corrected chi connectivity index (χ3v) is 2.54. The zero-order valence-corrected chi connectivity index (χ0v) is 9.59. The van der Waals surface area contributed by atoms with Crippen molar-refractivity contribution in [3.05, 3.63) is 28.3 Å². The molecule has 0 aliphatic carbocycles. The highest BCUT2D eigenvalue weighted by Gasteiger charge is 2.37. The lowest BCUT2D eigenvalue weighted by Gasteiger charge is -2.17. The van der Waals surface area contributed by atoms with Gasteiger partial charge in [-0.2, -0.15) is 13.2 Å². The summed E-state index contributed by atoms with van der Waals surface area (Å²) in [5.41, 5.74) is 3.33. The molecule has 1 atom stereocenters. The zero-order valence-electron chi connectivity index (χ0n) is 8.83. The number of carboxylic acids is 1. The van der Waals surface area contributed by atoms with Crippen molar-refractivity contribution in [2.45, 2.75) is 12.1 Å². The van der Waals surface area contributed by atoms with E-state index in [4.69, 9.17) is 22.4 Å². The van der Waals surface area contributed by atoms with Gasteiger partial charge in [0, 0.05) is 17.1 Å². The van der Waals surface area contributed by atoms with Crippen molar-refractivity contribution in [2.75, 3.05) is 6.54 Å². The molecule has 0 heterocycles. The number of hydrogen-bond acceptors (Lipinski definition) is 3. The van der Waals surface area contributed by atoms with Gasteiger partial charge in [0.05, 0.1) is 11.5 Å². The monoisotopic (exact) mass is 283 g/mol. The first-order valence-corrected chi connectivity index (χ1v) is 5.08. The number of phenolic OH excluding ortho intramolecular Hbond substituents is 1. The largest absolute Gasteiger partial charge is 0.507 e. The maximum Gasteiger partial charge on any atom is 0.420 e. The van der Waals surface area contributed by atoms with E-state index in [1.54, 1.807) is 0 Å². The molecule has 1 aromatic carbocycles. The van der Waals surface area contributed by atoms with Crippen LogP contribution >= 0.6 is 11.6 Å². The van der Waals surface area contributed by atoms with Crippen molar-refractivity contribution < 1.29 is 28.2 Å². The summed E-state index contributed by atoms with van der Waals surface area (Å²) in [5.74, 6) is -4.06. The van der Waals surface area contributed by atoms with Crippen molar-refractivity contribution in [1.82, 2.24) is 0 Å². The van der Waals surface area contributed by atoms with E-state index in [2.05, 4.69) is 0 Å². The second-order valence-corrected chi connectivity index (χ2v) is 3.95. The van der Waals surface area contributed by atoms with E-state index in [9.17, 15) is 23.1 Å². The third kappa shape index (κ3) is 2.85. The van der Waals surface area contributed by atoms with Crippen LogP contribution in [-0.2, 0) is 11.0 Å². The second-order valence-electron chi connectivity index (χ2n) is 3.52. The van der Waals surface area contributed by atoms with Crippen molar-refractivity contribution in [1.29, 1.82) is 0 Å². The van der Waals surface area contributed by atoms with Gasteiger partial charge in [-0.15, -0.1) is 0 Å². The fourth-order valence-corrected chi connectivity index (χ4v) is 1.69. The zero-order chi connectivity index (χ0) is 14.1. The average Bonchev–Trinajstić information content (AvgIpc) is 2.21. The van der Waals surface area contributed by atoms with Gasteiger partial charge in [0.1, 0.15) is 5.75 Å². The molecule has 4 N–H and O–H groups in total. The Morgan fingerprint density at radius 1 is 1.44 bits per heavy atom. The Hall–Kier alpha value is -1.47. The molecule has 4 nitrogen and oxygen atoms in total. The predicted octanol–water partition coefficient (Wildman–Crippen LogP) is 2.19. The van der Waals surface area contributed by atoms with Crippen LogP contribution in [0.3, 0.4) is 0 Å². The average molecular weight is 284 g/mol. The molecule has 0 fully saturated rings. The molecule has 0 aliphatic rings. The van der Waals surface area contributed by atoms with Gasteiger partial charge in [-0.1, -0.05) is 11.6 Å². The van der Waals surface area contributed by atoms with Gasteiger partial charge in [-0.25, -0.2) is 0 Å². The van der Waals surface area contributed by atoms with Crippen molar-refractivity contribution in [2.24, 2.45) is 5.73 Å². The highest BCUT2D eigenvalue weighted by atomic mass is 35.5. The molecule has 0 saturated heterocycles. The number of hydrogen-bond donors (Lipinski definition) is 3. The summed E-state index contributed by atoms with van der Waals surface area (Å²) >= 11 is 5.49. The summed E-state index contributed by atoms with van der Waals surface area (Å²) in [7, 11) is 0. The van der Waals surface area contributed by atoms with Crippen LogP contribution in [0, 0.1) is 0 Å². The van der Waals surface area contributed by atoms with Crippen molar-refractivity contribution >= 4 is 17.6 Å². The molecule has 0 saturated carbocycles. The van der Waals surface area contributed by atoms with E-state index < -0.39 is 41.5 Å². The maximum absolute atomic E-state index is 12.6. The first kappa shape index (κ1) is 14.6. The number of benzene rings is 1. The number of phenols is 1. The summed E-state index contributed by atoms with van der Waals surface area (Å²) < 4.78 is 37.7. The van der Waals surface area contributed by atoms with E-state index in [1.165, 1.54) is 0 Å². The van der Waals surface area contributed by atoms with Gasteiger partial charge in [-0.05, 0) is 12.1 Å². The lowest BCUT2D eigenvalue weighted by atomic mass is 9.96. The summed E-state index contributed by atoms with van der Waals surface area (Å²) in [4.78, 5) is 10.8. The van der Waals surface area contributed by atoms with Crippen LogP contribution < -0.4 is 5.73 Å². The highest BCUT2D eigenvalue weighted by Crippen LogP contribution is 2.41. The van der Waals surface area contributed by atoms with Gasteiger partial charge in [0.25, 0.3) is 0 Å². The smallest absolute Gasteiger partial charge is 0.420 e. The molecule has 18 heavy (non-hydrogen) atoms.